The van der Waals surface area contributed by atoms with E-state index in [2.05, 4.69) is 0 Å². The van der Waals surface area contributed by atoms with Gasteiger partial charge in [0.05, 0.1) is 12.6 Å². The Labute approximate surface area is 168 Å². The summed E-state index contributed by atoms with van der Waals surface area (Å²) in [4.78, 5) is 15.4. The van der Waals surface area contributed by atoms with Gasteiger partial charge in [-0.15, -0.1) is 0 Å². The van der Waals surface area contributed by atoms with E-state index >= 15 is 0 Å². The number of hydrogen-bond donors (Lipinski definition) is 0. The molecular weight excluding hydrogens is 370 g/mol. The SMILES string of the molecule is COCc1c(C(=O)N2CCC[C@H]2c2ccc3c(c2)OCCO3)oc2ccccc12. The summed E-state index contributed by atoms with van der Waals surface area (Å²) in [6, 6.07) is 13.6. The monoisotopic (exact) mass is 393 g/mol. The maximum absolute atomic E-state index is 13.5. The number of para-hydroxylation sites is 1. The van der Waals surface area contributed by atoms with Gasteiger partial charge in [-0.25, -0.2) is 0 Å². The van der Waals surface area contributed by atoms with Gasteiger partial charge in [0.25, 0.3) is 5.91 Å². The highest BCUT2D eigenvalue weighted by Crippen LogP contribution is 2.39. The Morgan fingerprint density at radius 2 is 1.97 bits per heavy atom. The van der Waals surface area contributed by atoms with Crippen LogP contribution in [0.2, 0.25) is 0 Å². The topological polar surface area (TPSA) is 61.1 Å². The van der Waals surface area contributed by atoms with Crippen LogP contribution < -0.4 is 9.47 Å². The number of furan rings is 1. The average Bonchev–Trinajstić information content (AvgIpc) is 3.39. The summed E-state index contributed by atoms with van der Waals surface area (Å²) in [7, 11) is 1.63. The molecule has 6 heteroatoms. The van der Waals surface area contributed by atoms with E-state index in [0.29, 0.717) is 37.7 Å². The highest BCUT2D eigenvalue weighted by Gasteiger charge is 2.34. The number of methoxy groups -OCH3 is 1. The molecule has 1 saturated heterocycles. The summed E-state index contributed by atoms with van der Waals surface area (Å²) in [5.74, 6) is 1.79. The third-order valence-electron chi connectivity index (χ3n) is 5.65. The van der Waals surface area contributed by atoms with E-state index in [1.807, 2.05) is 47.4 Å². The zero-order chi connectivity index (χ0) is 19.8. The van der Waals surface area contributed by atoms with E-state index in [1.165, 1.54) is 0 Å². The van der Waals surface area contributed by atoms with Gasteiger partial charge in [0, 0.05) is 24.6 Å². The first-order chi connectivity index (χ1) is 14.3. The highest BCUT2D eigenvalue weighted by atomic mass is 16.6. The number of ether oxygens (including phenoxy) is 3. The van der Waals surface area contributed by atoms with Crippen molar-refractivity contribution in [3.05, 3.63) is 59.4 Å². The van der Waals surface area contributed by atoms with Crippen molar-refractivity contribution < 1.29 is 23.4 Å². The quantitative estimate of drug-likeness (QED) is 0.660. The molecule has 0 spiro atoms. The van der Waals surface area contributed by atoms with Gasteiger partial charge in [-0.3, -0.25) is 4.79 Å². The van der Waals surface area contributed by atoms with Gasteiger partial charge in [-0.1, -0.05) is 24.3 Å². The Bertz CT molecular complexity index is 1060. The molecule has 1 aromatic heterocycles. The Morgan fingerprint density at radius 1 is 1.14 bits per heavy atom. The van der Waals surface area contributed by atoms with Crippen molar-refractivity contribution in [2.24, 2.45) is 0 Å². The van der Waals surface area contributed by atoms with Gasteiger partial charge in [0.15, 0.2) is 17.3 Å². The van der Waals surface area contributed by atoms with Crippen LogP contribution in [-0.4, -0.2) is 37.7 Å². The minimum atomic E-state index is -0.0920. The maximum Gasteiger partial charge on any atom is 0.290 e. The summed E-state index contributed by atoms with van der Waals surface area (Å²) < 4.78 is 22.7. The molecule has 3 heterocycles. The number of rotatable bonds is 4. The molecule has 0 saturated carbocycles. The molecule has 1 fully saturated rings. The first kappa shape index (κ1) is 18.1. The Balaban J connectivity index is 1.49. The van der Waals surface area contributed by atoms with Crippen molar-refractivity contribution >= 4 is 16.9 Å². The molecule has 3 aromatic rings. The van der Waals surface area contributed by atoms with Crippen LogP contribution in [0, 0.1) is 0 Å². The van der Waals surface area contributed by atoms with Crippen LogP contribution in [-0.2, 0) is 11.3 Å². The summed E-state index contributed by atoms with van der Waals surface area (Å²) in [6.07, 6.45) is 1.86. The number of carbonyl (C=O) groups excluding carboxylic acids is 1. The maximum atomic E-state index is 13.5. The van der Waals surface area contributed by atoms with E-state index in [4.69, 9.17) is 18.6 Å². The van der Waals surface area contributed by atoms with Crippen LogP contribution in [0.1, 0.15) is 40.6 Å². The van der Waals surface area contributed by atoms with Crippen LogP contribution in [0.4, 0.5) is 0 Å². The lowest BCUT2D eigenvalue weighted by Crippen LogP contribution is -2.31. The van der Waals surface area contributed by atoms with Crippen molar-refractivity contribution in [1.82, 2.24) is 4.90 Å². The van der Waals surface area contributed by atoms with Gasteiger partial charge in [-0.2, -0.15) is 0 Å². The smallest absolute Gasteiger partial charge is 0.290 e. The largest absolute Gasteiger partial charge is 0.486 e. The number of carbonyl (C=O) groups is 1. The second-order valence-electron chi connectivity index (χ2n) is 7.40. The molecule has 0 radical (unpaired) electrons. The molecule has 0 N–H and O–H groups in total. The molecule has 0 aliphatic carbocycles. The summed E-state index contributed by atoms with van der Waals surface area (Å²) in [5, 5.41) is 0.924. The van der Waals surface area contributed by atoms with Gasteiger partial charge < -0.3 is 23.5 Å². The fourth-order valence-corrected chi connectivity index (χ4v) is 4.31. The molecule has 2 aromatic carbocycles. The standard InChI is InChI=1S/C23H23NO5/c1-26-14-17-16-5-2-3-7-19(16)29-22(17)23(25)24-10-4-6-18(24)15-8-9-20-21(13-15)28-12-11-27-20/h2-3,5,7-9,13,18H,4,6,10-12,14H2,1H3/t18-/m0/s1. The highest BCUT2D eigenvalue weighted by molar-refractivity contribution is 5.99. The first-order valence-corrected chi connectivity index (χ1v) is 9.96. The molecule has 0 bridgehead atoms. The molecule has 29 heavy (non-hydrogen) atoms. The molecule has 5 rings (SSSR count). The van der Waals surface area contributed by atoms with Gasteiger partial charge in [-0.05, 0) is 36.6 Å². The third kappa shape index (κ3) is 3.13. The zero-order valence-corrected chi connectivity index (χ0v) is 16.3. The second kappa shape index (κ2) is 7.44. The fraction of sp³-hybridized carbons (Fsp3) is 0.348. The summed E-state index contributed by atoms with van der Waals surface area (Å²) >= 11 is 0. The number of hydrogen-bond acceptors (Lipinski definition) is 5. The Hall–Kier alpha value is -2.99. The number of amides is 1. The van der Waals surface area contributed by atoms with E-state index in [1.54, 1.807) is 7.11 Å². The van der Waals surface area contributed by atoms with Crippen LogP contribution in [0.3, 0.4) is 0 Å². The van der Waals surface area contributed by atoms with Crippen molar-refractivity contribution in [1.29, 1.82) is 0 Å². The summed E-state index contributed by atoms with van der Waals surface area (Å²) in [5.41, 5.74) is 2.57. The van der Waals surface area contributed by atoms with Gasteiger partial charge in [0.2, 0.25) is 0 Å². The second-order valence-corrected chi connectivity index (χ2v) is 7.40. The molecule has 1 amide bonds. The molecule has 2 aliphatic rings. The van der Waals surface area contributed by atoms with E-state index in [0.717, 1.165) is 40.9 Å². The predicted octanol–water partition coefficient (Wildman–Crippen LogP) is 4.33. The lowest BCUT2D eigenvalue weighted by atomic mass is 10.0. The van der Waals surface area contributed by atoms with Crippen molar-refractivity contribution in [2.45, 2.75) is 25.5 Å². The molecular formula is C23H23NO5. The average molecular weight is 393 g/mol. The lowest BCUT2D eigenvalue weighted by molar-refractivity contribution is 0.0698. The Kier molecular flexibility index (Phi) is 4.64. The van der Waals surface area contributed by atoms with E-state index < -0.39 is 0 Å². The number of nitrogens with zero attached hydrogens (tertiary/aromatic N) is 1. The number of benzene rings is 2. The van der Waals surface area contributed by atoms with Crippen molar-refractivity contribution in [2.75, 3.05) is 26.9 Å². The predicted molar refractivity (Wildman–Crippen MR) is 107 cm³/mol. The van der Waals surface area contributed by atoms with Gasteiger partial charge in [0.1, 0.15) is 18.8 Å². The minimum absolute atomic E-state index is 0.0121. The van der Waals surface area contributed by atoms with Crippen LogP contribution in [0.15, 0.2) is 46.9 Å². The molecule has 150 valence electrons. The zero-order valence-electron chi connectivity index (χ0n) is 16.3. The normalized spacial score (nSPS) is 18.4. The molecule has 1 atom stereocenters. The first-order valence-electron chi connectivity index (χ1n) is 9.96. The third-order valence-corrected chi connectivity index (χ3v) is 5.65. The summed E-state index contributed by atoms with van der Waals surface area (Å²) in [6.45, 7) is 2.14. The fourth-order valence-electron chi connectivity index (χ4n) is 4.31. The van der Waals surface area contributed by atoms with E-state index in [-0.39, 0.29) is 11.9 Å². The molecule has 2 aliphatic heterocycles. The van der Waals surface area contributed by atoms with Crippen molar-refractivity contribution in [3.63, 3.8) is 0 Å². The molecule has 6 nitrogen and oxygen atoms in total. The van der Waals surface area contributed by atoms with Crippen LogP contribution >= 0.6 is 0 Å². The van der Waals surface area contributed by atoms with Crippen LogP contribution in [0.5, 0.6) is 11.5 Å². The molecule has 0 unspecified atom stereocenters. The Morgan fingerprint density at radius 3 is 2.83 bits per heavy atom. The van der Waals surface area contributed by atoms with E-state index in [9.17, 15) is 4.79 Å². The lowest BCUT2D eigenvalue weighted by Gasteiger charge is -2.26. The van der Waals surface area contributed by atoms with Gasteiger partial charge >= 0.3 is 0 Å². The van der Waals surface area contributed by atoms with Crippen LogP contribution in [0.25, 0.3) is 11.0 Å². The number of likely N-dealkylation sites (tertiary alicyclic amines) is 1. The van der Waals surface area contributed by atoms with Crippen molar-refractivity contribution in [3.8, 4) is 11.5 Å². The number of fused-ring (bicyclic) bond motifs is 2. The minimum Gasteiger partial charge on any atom is -0.486 e.